The summed E-state index contributed by atoms with van der Waals surface area (Å²) >= 11 is 0. The second kappa shape index (κ2) is 10.0. The predicted octanol–water partition coefficient (Wildman–Crippen LogP) is 2.80. The minimum Gasteiger partial charge on any atom is -0.328 e. The highest BCUT2D eigenvalue weighted by Gasteiger charge is 2.39. The van der Waals surface area contributed by atoms with Gasteiger partial charge in [-0.15, -0.1) is 0 Å². The van der Waals surface area contributed by atoms with Gasteiger partial charge in [-0.1, -0.05) is 6.07 Å². The van der Waals surface area contributed by atoms with Crippen LogP contribution >= 0.6 is 0 Å². The lowest BCUT2D eigenvalue weighted by Gasteiger charge is -2.23. The van der Waals surface area contributed by atoms with E-state index in [1.54, 1.807) is 28.9 Å². The monoisotopic (exact) mass is 540 g/mol. The summed E-state index contributed by atoms with van der Waals surface area (Å²) in [7, 11) is 0. The van der Waals surface area contributed by atoms with Gasteiger partial charge in [-0.25, -0.2) is 13.9 Å². The van der Waals surface area contributed by atoms with Gasteiger partial charge in [-0.2, -0.15) is 20.4 Å². The van der Waals surface area contributed by atoms with Crippen LogP contribution in [0.15, 0.2) is 55.0 Å². The van der Waals surface area contributed by atoms with E-state index >= 15 is 0 Å². The molecule has 202 valence electrons. The van der Waals surface area contributed by atoms with Gasteiger partial charge >= 0.3 is 0 Å². The van der Waals surface area contributed by atoms with E-state index in [1.165, 1.54) is 22.7 Å². The van der Waals surface area contributed by atoms with Crippen molar-refractivity contribution in [3.05, 3.63) is 72.1 Å². The van der Waals surface area contributed by atoms with E-state index in [9.17, 15) is 18.8 Å². The number of alkyl halides is 1. The highest BCUT2D eigenvalue weighted by atomic mass is 19.1. The summed E-state index contributed by atoms with van der Waals surface area (Å²) in [4.78, 5) is 44.6. The first-order valence-electron chi connectivity index (χ1n) is 12.8. The molecule has 1 aromatic carbocycles. The van der Waals surface area contributed by atoms with E-state index in [2.05, 4.69) is 25.4 Å². The molecule has 0 radical (unpaired) electrons. The van der Waals surface area contributed by atoms with Gasteiger partial charge in [0.15, 0.2) is 17.2 Å². The van der Waals surface area contributed by atoms with Gasteiger partial charge in [0.2, 0.25) is 5.91 Å². The Labute approximate surface area is 227 Å². The average molecular weight is 541 g/mol. The number of ketones is 2. The summed E-state index contributed by atoms with van der Waals surface area (Å²) in [5, 5.41) is 17.1. The van der Waals surface area contributed by atoms with Crippen molar-refractivity contribution >= 4 is 34.0 Å². The molecule has 40 heavy (non-hydrogen) atoms. The van der Waals surface area contributed by atoms with Gasteiger partial charge in [-0.3, -0.25) is 19.1 Å². The standard InChI is InChI=1S/C28H25FN8O3/c1-16-8-26-30-12-19(13-37(26)33-16)18-5-6-23-22(9-18)28(17(2)38)34-36(23)15-27(40)35-14-20(29)10-24(35)25(39)11-21-4-3-7-31-32-21/h3-9,12-13,20,24H,10-11,14-15H2,1-2H3/t20-,24+/m1/s1. The van der Waals surface area contributed by atoms with E-state index in [-0.39, 0.29) is 43.2 Å². The zero-order chi connectivity index (χ0) is 28.0. The van der Waals surface area contributed by atoms with Crippen LogP contribution in [0, 0.1) is 6.92 Å². The van der Waals surface area contributed by atoms with Crippen LogP contribution in [-0.2, 0) is 22.6 Å². The molecule has 0 saturated carbocycles. The first-order valence-corrected chi connectivity index (χ1v) is 12.8. The molecule has 1 aliphatic rings. The van der Waals surface area contributed by atoms with Crippen molar-refractivity contribution < 1.29 is 18.8 Å². The zero-order valence-electron chi connectivity index (χ0n) is 21.9. The summed E-state index contributed by atoms with van der Waals surface area (Å²) in [6, 6.07) is 9.78. The molecule has 1 saturated heterocycles. The van der Waals surface area contributed by atoms with Crippen LogP contribution < -0.4 is 0 Å². The number of carbonyl (C=O) groups excluding carboxylic acids is 3. The van der Waals surface area contributed by atoms with Crippen LogP contribution in [0.2, 0.25) is 0 Å². The number of nitrogens with zero attached hydrogens (tertiary/aromatic N) is 8. The molecule has 12 heteroatoms. The number of hydrogen-bond acceptors (Lipinski definition) is 8. The second-order valence-corrected chi connectivity index (χ2v) is 9.98. The lowest BCUT2D eigenvalue weighted by atomic mass is 10.0. The molecule has 0 spiro atoms. The molecule has 2 atom stereocenters. The molecule has 4 aromatic heterocycles. The largest absolute Gasteiger partial charge is 0.328 e. The molecule has 0 unspecified atom stereocenters. The third-order valence-electron chi connectivity index (χ3n) is 7.06. The minimum atomic E-state index is -1.31. The third-order valence-corrected chi connectivity index (χ3v) is 7.06. The molecule has 0 N–H and O–H groups in total. The normalized spacial score (nSPS) is 17.1. The summed E-state index contributed by atoms with van der Waals surface area (Å²) in [6.45, 7) is 2.88. The SMILES string of the molecule is CC(=O)c1nn(CC(=O)N2C[C@H](F)C[C@H]2C(=O)Cc2cccnn2)c2ccc(-c3cnc4cc(C)nn4c3)cc12. The average Bonchev–Trinajstić information content (AvgIpc) is 3.62. The Hall–Kier alpha value is -4.87. The molecular weight excluding hydrogens is 515 g/mol. The van der Waals surface area contributed by atoms with Crippen LogP contribution in [0.4, 0.5) is 4.39 Å². The van der Waals surface area contributed by atoms with Gasteiger partial charge in [0, 0.05) is 49.0 Å². The molecule has 1 fully saturated rings. The van der Waals surface area contributed by atoms with Crippen molar-refractivity contribution in [1.29, 1.82) is 0 Å². The Kier molecular flexibility index (Phi) is 6.37. The van der Waals surface area contributed by atoms with Crippen LogP contribution in [0.25, 0.3) is 27.7 Å². The van der Waals surface area contributed by atoms with Crippen LogP contribution in [-0.4, -0.2) is 75.7 Å². The van der Waals surface area contributed by atoms with Gasteiger partial charge < -0.3 is 4.90 Å². The van der Waals surface area contributed by atoms with Crippen LogP contribution in [0.3, 0.4) is 0 Å². The van der Waals surface area contributed by atoms with Crippen molar-refractivity contribution in [2.24, 2.45) is 0 Å². The number of likely N-dealkylation sites (tertiary alicyclic amines) is 1. The molecule has 11 nitrogen and oxygen atoms in total. The number of fused-ring (bicyclic) bond motifs is 2. The number of rotatable bonds is 7. The number of halogens is 1. The number of hydrogen-bond donors (Lipinski definition) is 0. The van der Waals surface area contributed by atoms with Gasteiger partial charge in [0.05, 0.1) is 35.9 Å². The fourth-order valence-electron chi connectivity index (χ4n) is 5.19. The second-order valence-electron chi connectivity index (χ2n) is 9.98. The summed E-state index contributed by atoms with van der Waals surface area (Å²) in [6.07, 6.45) is 3.67. The zero-order valence-corrected chi connectivity index (χ0v) is 21.9. The summed E-state index contributed by atoms with van der Waals surface area (Å²) in [5.41, 5.74) is 4.42. The lowest BCUT2D eigenvalue weighted by molar-refractivity contribution is -0.138. The minimum absolute atomic E-state index is 0.0459. The molecule has 1 aliphatic heterocycles. The molecule has 0 aliphatic carbocycles. The van der Waals surface area contributed by atoms with Crippen molar-refractivity contribution in [2.45, 2.75) is 45.4 Å². The number of aryl methyl sites for hydroxylation is 1. The molecule has 5 heterocycles. The fourth-order valence-corrected chi connectivity index (χ4v) is 5.19. The Bertz CT molecular complexity index is 1780. The van der Waals surface area contributed by atoms with E-state index < -0.39 is 18.1 Å². The Balaban J connectivity index is 1.28. The third kappa shape index (κ3) is 4.72. The van der Waals surface area contributed by atoms with Crippen LogP contribution in [0.1, 0.15) is 35.2 Å². The van der Waals surface area contributed by atoms with E-state index in [4.69, 9.17) is 0 Å². The van der Waals surface area contributed by atoms with Gasteiger partial charge in [0.25, 0.3) is 0 Å². The molecule has 1 amide bonds. The van der Waals surface area contributed by atoms with Crippen molar-refractivity contribution in [3.63, 3.8) is 0 Å². The Morgan fingerprint density at radius 3 is 2.73 bits per heavy atom. The van der Waals surface area contributed by atoms with Crippen molar-refractivity contribution in [3.8, 4) is 11.1 Å². The molecule has 5 aromatic rings. The maximum Gasteiger partial charge on any atom is 0.245 e. The summed E-state index contributed by atoms with van der Waals surface area (Å²) < 4.78 is 17.6. The topological polar surface area (TPSA) is 128 Å². The summed E-state index contributed by atoms with van der Waals surface area (Å²) in [5.74, 6) is -1.01. The van der Waals surface area contributed by atoms with Crippen LogP contribution in [0.5, 0.6) is 0 Å². The lowest BCUT2D eigenvalue weighted by Crippen LogP contribution is -2.43. The smallest absolute Gasteiger partial charge is 0.245 e. The van der Waals surface area contributed by atoms with Crippen molar-refractivity contribution in [2.75, 3.05) is 6.54 Å². The first kappa shape index (κ1) is 25.4. The molecular formula is C28H25FN8O3. The predicted molar refractivity (Wildman–Crippen MR) is 142 cm³/mol. The highest BCUT2D eigenvalue weighted by Crippen LogP contribution is 2.28. The van der Waals surface area contributed by atoms with E-state index in [0.29, 0.717) is 16.6 Å². The molecule has 6 rings (SSSR count). The fraction of sp³-hybridized carbons (Fsp3) is 0.286. The maximum atomic E-state index is 14.4. The van der Waals surface area contributed by atoms with Crippen molar-refractivity contribution in [1.82, 2.24) is 39.5 Å². The number of carbonyl (C=O) groups is 3. The quantitative estimate of drug-likeness (QED) is 0.288. The number of Topliss-reactive ketones (excluding diaryl/α,β-unsaturated/α-hetero) is 2. The van der Waals surface area contributed by atoms with E-state index in [1.807, 2.05) is 31.3 Å². The Morgan fingerprint density at radius 2 is 1.95 bits per heavy atom. The number of amides is 1. The Morgan fingerprint density at radius 1 is 1.10 bits per heavy atom. The number of aromatic nitrogens is 7. The highest BCUT2D eigenvalue weighted by molar-refractivity contribution is 6.06. The first-order chi connectivity index (χ1) is 19.3. The van der Waals surface area contributed by atoms with Gasteiger partial charge in [-0.05, 0) is 36.8 Å². The number of benzene rings is 1. The molecule has 0 bridgehead atoms. The van der Waals surface area contributed by atoms with E-state index in [0.717, 1.165) is 22.5 Å². The van der Waals surface area contributed by atoms with Gasteiger partial charge in [0.1, 0.15) is 18.4 Å². The maximum absolute atomic E-state index is 14.4.